The van der Waals surface area contributed by atoms with Crippen molar-refractivity contribution in [3.8, 4) is 5.88 Å². The van der Waals surface area contributed by atoms with E-state index in [2.05, 4.69) is 15.6 Å². The second-order valence-corrected chi connectivity index (χ2v) is 3.35. The van der Waals surface area contributed by atoms with Gasteiger partial charge in [0, 0.05) is 6.07 Å². The molecule has 1 aromatic rings. The Morgan fingerprint density at radius 3 is 2.72 bits per heavy atom. The molecule has 0 aliphatic heterocycles. The molecule has 7 nitrogen and oxygen atoms in total. The number of rotatable bonds is 6. The fraction of sp³-hybridized carbons (Fsp3) is 0.364. The average Bonchev–Trinajstić information content (AvgIpc) is 2.38. The lowest BCUT2D eigenvalue weighted by Crippen LogP contribution is -2.36. The molecule has 0 unspecified atom stereocenters. The Kier molecular flexibility index (Phi) is 5.59. The number of nitrogens with two attached hydrogens (primary N) is 1. The van der Waals surface area contributed by atoms with Crippen LogP contribution in [0.3, 0.4) is 0 Å². The molecular formula is C11H16N4O3. The maximum Gasteiger partial charge on any atom is 0.243 e. The molecule has 0 saturated heterocycles. The van der Waals surface area contributed by atoms with Crippen molar-refractivity contribution in [2.24, 2.45) is 5.73 Å². The highest BCUT2D eigenvalue weighted by Crippen LogP contribution is 2.11. The molecule has 18 heavy (non-hydrogen) atoms. The van der Waals surface area contributed by atoms with Crippen LogP contribution in [-0.2, 0) is 9.59 Å². The summed E-state index contributed by atoms with van der Waals surface area (Å²) in [5.41, 5.74) is 5.62. The van der Waals surface area contributed by atoms with Gasteiger partial charge in [0.25, 0.3) is 0 Å². The second-order valence-electron chi connectivity index (χ2n) is 3.35. The van der Waals surface area contributed by atoms with Crippen LogP contribution in [0.15, 0.2) is 18.3 Å². The molecule has 0 radical (unpaired) electrons. The molecule has 0 aliphatic carbocycles. The number of anilines is 1. The Morgan fingerprint density at radius 2 is 2.17 bits per heavy atom. The predicted molar refractivity (Wildman–Crippen MR) is 66.1 cm³/mol. The minimum absolute atomic E-state index is 0.122. The van der Waals surface area contributed by atoms with Crippen molar-refractivity contribution in [3.05, 3.63) is 18.3 Å². The van der Waals surface area contributed by atoms with Gasteiger partial charge in [-0.1, -0.05) is 0 Å². The molecule has 1 heterocycles. The van der Waals surface area contributed by atoms with E-state index in [1.807, 2.05) is 6.92 Å². The topological polar surface area (TPSA) is 106 Å². The molecule has 1 aromatic heterocycles. The van der Waals surface area contributed by atoms with E-state index < -0.39 is 0 Å². The van der Waals surface area contributed by atoms with E-state index in [-0.39, 0.29) is 24.9 Å². The lowest BCUT2D eigenvalue weighted by atomic mass is 10.4. The molecule has 2 amide bonds. The molecule has 0 atom stereocenters. The Hall–Kier alpha value is -2.15. The molecule has 0 aromatic carbocycles. The molecule has 0 saturated carbocycles. The van der Waals surface area contributed by atoms with Crippen molar-refractivity contribution < 1.29 is 14.3 Å². The van der Waals surface area contributed by atoms with E-state index in [1.165, 1.54) is 6.20 Å². The summed E-state index contributed by atoms with van der Waals surface area (Å²) >= 11 is 0. The third-order valence-electron chi connectivity index (χ3n) is 1.94. The van der Waals surface area contributed by atoms with Gasteiger partial charge in [-0.2, -0.15) is 0 Å². The summed E-state index contributed by atoms with van der Waals surface area (Å²) in [5, 5.41) is 4.94. The van der Waals surface area contributed by atoms with Crippen LogP contribution in [-0.4, -0.2) is 36.5 Å². The maximum atomic E-state index is 11.4. The van der Waals surface area contributed by atoms with E-state index in [0.29, 0.717) is 18.2 Å². The first-order valence-corrected chi connectivity index (χ1v) is 5.51. The molecule has 0 bridgehead atoms. The molecular weight excluding hydrogens is 236 g/mol. The minimum atomic E-state index is -0.380. The zero-order valence-corrected chi connectivity index (χ0v) is 10.1. The fourth-order valence-electron chi connectivity index (χ4n) is 1.14. The number of carbonyl (C=O) groups is 2. The number of pyridine rings is 1. The van der Waals surface area contributed by atoms with Crippen LogP contribution in [0.2, 0.25) is 0 Å². The third-order valence-corrected chi connectivity index (χ3v) is 1.94. The lowest BCUT2D eigenvalue weighted by Gasteiger charge is -2.07. The van der Waals surface area contributed by atoms with Crippen molar-refractivity contribution in [1.29, 1.82) is 0 Å². The van der Waals surface area contributed by atoms with Crippen LogP contribution >= 0.6 is 0 Å². The summed E-state index contributed by atoms with van der Waals surface area (Å²) < 4.78 is 5.16. The third kappa shape index (κ3) is 4.79. The number of hydrogen-bond acceptors (Lipinski definition) is 5. The van der Waals surface area contributed by atoms with E-state index >= 15 is 0 Å². The average molecular weight is 252 g/mol. The highest BCUT2D eigenvalue weighted by Gasteiger charge is 2.04. The summed E-state index contributed by atoms with van der Waals surface area (Å²) in [7, 11) is 0. The highest BCUT2D eigenvalue weighted by molar-refractivity contribution is 5.94. The predicted octanol–water partition coefficient (Wildman–Crippen LogP) is -0.506. The number of carbonyl (C=O) groups excluding carboxylic acids is 2. The summed E-state index contributed by atoms with van der Waals surface area (Å²) in [5.74, 6) is -0.232. The molecule has 0 aliphatic rings. The van der Waals surface area contributed by atoms with Gasteiger partial charge in [0.2, 0.25) is 17.7 Å². The molecule has 4 N–H and O–H groups in total. The first-order valence-electron chi connectivity index (χ1n) is 5.51. The van der Waals surface area contributed by atoms with Crippen LogP contribution in [0, 0.1) is 0 Å². The number of ether oxygens (including phenoxy) is 1. The molecule has 98 valence electrons. The Bertz CT molecular complexity index is 405. The number of amides is 2. The van der Waals surface area contributed by atoms with Gasteiger partial charge in [0.15, 0.2) is 0 Å². The first kappa shape index (κ1) is 13.9. The van der Waals surface area contributed by atoms with Gasteiger partial charge in [0.1, 0.15) is 0 Å². The Balaban J connectivity index is 2.42. The quantitative estimate of drug-likeness (QED) is 0.632. The van der Waals surface area contributed by atoms with Crippen LogP contribution < -0.4 is 21.1 Å². The first-order chi connectivity index (χ1) is 8.65. The normalized spacial score (nSPS) is 9.67. The van der Waals surface area contributed by atoms with Crippen LogP contribution in [0.4, 0.5) is 5.69 Å². The van der Waals surface area contributed by atoms with Crippen molar-refractivity contribution in [3.63, 3.8) is 0 Å². The number of hydrogen-bond donors (Lipinski definition) is 3. The van der Waals surface area contributed by atoms with Crippen LogP contribution in [0.25, 0.3) is 0 Å². The standard InChI is InChI=1S/C11H16N4O3/c1-2-18-11-4-3-8(6-14-11)15-10(17)7-13-9(16)5-12/h3-4,6H,2,5,7,12H2,1H3,(H,13,16)(H,15,17). The minimum Gasteiger partial charge on any atom is -0.478 e. The zero-order valence-electron chi connectivity index (χ0n) is 10.1. The molecule has 7 heteroatoms. The maximum absolute atomic E-state index is 11.4. The van der Waals surface area contributed by atoms with Crippen LogP contribution in [0.5, 0.6) is 5.88 Å². The van der Waals surface area contributed by atoms with Crippen LogP contribution in [0.1, 0.15) is 6.92 Å². The van der Waals surface area contributed by atoms with Crippen molar-refractivity contribution in [2.45, 2.75) is 6.92 Å². The zero-order chi connectivity index (χ0) is 13.4. The van der Waals surface area contributed by atoms with Gasteiger partial charge in [-0.25, -0.2) is 4.98 Å². The molecule has 1 rings (SSSR count). The van der Waals surface area contributed by atoms with E-state index in [4.69, 9.17) is 10.5 Å². The summed E-state index contributed by atoms with van der Waals surface area (Å²) in [4.78, 5) is 26.2. The Labute approximate surface area is 105 Å². The smallest absolute Gasteiger partial charge is 0.243 e. The Morgan fingerprint density at radius 1 is 1.39 bits per heavy atom. The highest BCUT2D eigenvalue weighted by atomic mass is 16.5. The number of nitrogens with zero attached hydrogens (tertiary/aromatic N) is 1. The lowest BCUT2D eigenvalue weighted by molar-refractivity contribution is -0.123. The molecule has 0 fully saturated rings. The second kappa shape index (κ2) is 7.23. The summed E-state index contributed by atoms with van der Waals surface area (Å²) in [6.45, 7) is 2.13. The van der Waals surface area contributed by atoms with Gasteiger partial charge in [-0.05, 0) is 13.0 Å². The van der Waals surface area contributed by atoms with E-state index in [0.717, 1.165) is 0 Å². The van der Waals surface area contributed by atoms with Gasteiger partial charge < -0.3 is 21.1 Å². The summed E-state index contributed by atoms with van der Waals surface area (Å²) in [6, 6.07) is 3.32. The SMILES string of the molecule is CCOc1ccc(NC(=O)CNC(=O)CN)cn1. The summed E-state index contributed by atoms with van der Waals surface area (Å²) in [6.07, 6.45) is 1.48. The van der Waals surface area contributed by atoms with Crippen molar-refractivity contribution in [2.75, 3.05) is 25.0 Å². The number of nitrogens with one attached hydrogen (secondary N) is 2. The van der Waals surface area contributed by atoms with Gasteiger partial charge >= 0.3 is 0 Å². The largest absolute Gasteiger partial charge is 0.478 e. The van der Waals surface area contributed by atoms with Gasteiger partial charge in [-0.15, -0.1) is 0 Å². The number of aromatic nitrogens is 1. The fourth-order valence-corrected chi connectivity index (χ4v) is 1.14. The monoisotopic (exact) mass is 252 g/mol. The molecule has 0 spiro atoms. The van der Waals surface area contributed by atoms with Crippen molar-refractivity contribution in [1.82, 2.24) is 10.3 Å². The van der Waals surface area contributed by atoms with E-state index in [9.17, 15) is 9.59 Å². The van der Waals surface area contributed by atoms with Gasteiger partial charge in [-0.3, -0.25) is 9.59 Å². The van der Waals surface area contributed by atoms with Crippen molar-refractivity contribution >= 4 is 17.5 Å². The van der Waals surface area contributed by atoms with Gasteiger partial charge in [0.05, 0.1) is 31.6 Å². The van der Waals surface area contributed by atoms with E-state index in [1.54, 1.807) is 12.1 Å².